The smallest absolute Gasteiger partial charge is 0.394 e. The van der Waals surface area contributed by atoms with Gasteiger partial charge in [-0.1, -0.05) is 19.9 Å². The van der Waals surface area contributed by atoms with Crippen LogP contribution >= 0.6 is 0 Å². The van der Waals surface area contributed by atoms with Crippen molar-refractivity contribution < 1.29 is 24.5 Å². The van der Waals surface area contributed by atoms with Gasteiger partial charge < -0.3 is 29.9 Å². The molecule has 0 radical (unpaired) electrons. The minimum Gasteiger partial charge on any atom is -0.484 e. The summed E-state index contributed by atoms with van der Waals surface area (Å²) in [6.45, 7) is 9.77. The lowest BCUT2D eigenvalue weighted by molar-refractivity contribution is -0.158. The fourth-order valence-corrected chi connectivity index (χ4v) is 4.00. The highest BCUT2D eigenvalue weighted by atomic mass is 19.3. The van der Waals surface area contributed by atoms with Gasteiger partial charge in [0.05, 0.1) is 0 Å². The molecule has 7 nitrogen and oxygen atoms in total. The SMILES string of the molecule is CCCN(C)CCN(C)/C(=C/C(C)=C1/C=C(NC(=O)COc2ccc(OC(C)(F)F)cc2)C=CC1C)NC.[HH]. The summed E-state index contributed by atoms with van der Waals surface area (Å²) in [4.78, 5) is 17.0. The van der Waals surface area contributed by atoms with E-state index in [0.717, 1.165) is 43.0 Å². The van der Waals surface area contributed by atoms with Crippen LogP contribution in [0.25, 0.3) is 0 Å². The van der Waals surface area contributed by atoms with E-state index in [-0.39, 0.29) is 25.6 Å². The molecule has 212 valence electrons. The zero-order valence-corrected chi connectivity index (χ0v) is 23.6. The zero-order chi connectivity index (χ0) is 28.3. The van der Waals surface area contributed by atoms with Crippen molar-refractivity contribution in [2.24, 2.45) is 5.92 Å². The van der Waals surface area contributed by atoms with Crippen LogP contribution in [0.1, 0.15) is 35.5 Å². The van der Waals surface area contributed by atoms with Crippen molar-refractivity contribution in [1.82, 2.24) is 20.4 Å². The largest absolute Gasteiger partial charge is 0.484 e. The normalized spacial score (nSPS) is 17.2. The van der Waals surface area contributed by atoms with Crippen molar-refractivity contribution in [1.29, 1.82) is 0 Å². The minimum atomic E-state index is -3.27. The molecule has 1 amide bonds. The first kappa shape index (κ1) is 30.9. The molecule has 0 aromatic heterocycles. The van der Waals surface area contributed by atoms with E-state index in [0.29, 0.717) is 18.4 Å². The van der Waals surface area contributed by atoms with Crippen LogP contribution in [0.4, 0.5) is 8.78 Å². The number of hydrogen-bond acceptors (Lipinski definition) is 6. The number of rotatable bonds is 14. The maximum atomic E-state index is 13.0. The standard InChI is InChI=1S/C29H42F2N4O3.H2/c1-8-15-34(6)16-17-35(7)27(32-5)18-22(3)26-19-23(10-9-21(26)2)33-28(36)20-37-24-11-13-25(14-12-24)38-29(4,30)31;/h9-14,18-19,21,32H,8,15-17,20H2,1-7H3,(H,33,36);1H/b26-22-,27-18+;. The Morgan fingerprint density at radius 2 is 1.82 bits per heavy atom. The highest BCUT2D eigenvalue weighted by Crippen LogP contribution is 2.26. The molecule has 0 bridgehead atoms. The second-order valence-corrected chi connectivity index (χ2v) is 9.61. The van der Waals surface area contributed by atoms with Crippen LogP contribution in [-0.4, -0.2) is 69.2 Å². The van der Waals surface area contributed by atoms with E-state index >= 15 is 0 Å². The lowest BCUT2D eigenvalue weighted by atomic mass is 9.91. The number of halogens is 2. The molecule has 1 aliphatic rings. The van der Waals surface area contributed by atoms with Crippen LogP contribution < -0.4 is 20.1 Å². The summed E-state index contributed by atoms with van der Waals surface area (Å²) < 4.78 is 35.9. The lowest BCUT2D eigenvalue weighted by Crippen LogP contribution is -2.34. The van der Waals surface area contributed by atoms with Crippen LogP contribution in [0, 0.1) is 5.92 Å². The quantitative estimate of drug-likeness (QED) is 0.344. The summed E-state index contributed by atoms with van der Waals surface area (Å²) in [6, 6.07) is 5.69. The van der Waals surface area contributed by atoms with Gasteiger partial charge >= 0.3 is 6.11 Å². The third-order valence-corrected chi connectivity index (χ3v) is 6.04. The average Bonchev–Trinajstić information content (AvgIpc) is 2.85. The number of ether oxygens (including phenoxy) is 2. The van der Waals surface area contributed by atoms with Crippen molar-refractivity contribution in [2.45, 2.75) is 40.2 Å². The highest BCUT2D eigenvalue weighted by Gasteiger charge is 2.23. The molecule has 0 aliphatic heterocycles. The van der Waals surface area contributed by atoms with Gasteiger partial charge in [0, 0.05) is 41.2 Å². The van der Waals surface area contributed by atoms with Crippen molar-refractivity contribution in [3.05, 3.63) is 71.2 Å². The molecule has 1 atom stereocenters. The first-order valence-electron chi connectivity index (χ1n) is 12.9. The molecule has 0 fully saturated rings. The predicted octanol–water partition coefficient (Wildman–Crippen LogP) is 5.16. The summed E-state index contributed by atoms with van der Waals surface area (Å²) in [5.41, 5.74) is 2.88. The molecule has 0 spiro atoms. The van der Waals surface area contributed by atoms with E-state index in [4.69, 9.17) is 4.74 Å². The Bertz CT molecular complexity index is 1050. The minimum absolute atomic E-state index is 0. The Kier molecular flexibility index (Phi) is 11.8. The summed E-state index contributed by atoms with van der Waals surface area (Å²) >= 11 is 0. The first-order chi connectivity index (χ1) is 17.9. The molecule has 0 saturated heterocycles. The monoisotopic (exact) mass is 534 g/mol. The van der Waals surface area contributed by atoms with Crippen LogP contribution in [0.5, 0.6) is 11.5 Å². The molecule has 0 heterocycles. The molecular formula is C29H44F2N4O3. The van der Waals surface area contributed by atoms with Crippen LogP contribution in [0.15, 0.2) is 71.2 Å². The maximum absolute atomic E-state index is 13.0. The number of alkyl halides is 2. The number of benzene rings is 1. The Morgan fingerprint density at radius 1 is 1.16 bits per heavy atom. The van der Waals surface area contributed by atoms with Crippen molar-refractivity contribution in [2.75, 3.05) is 47.4 Å². The van der Waals surface area contributed by atoms with E-state index in [1.54, 1.807) is 0 Å². The molecule has 9 heteroatoms. The highest BCUT2D eigenvalue weighted by molar-refractivity contribution is 5.80. The van der Waals surface area contributed by atoms with Gasteiger partial charge in [-0.15, -0.1) is 0 Å². The fourth-order valence-electron chi connectivity index (χ4n) is 4.00. The zero-order valence-electron chi connectivity index (χ0n) is 23.6. The topological polar surface area (TPSA) is 66.1 Å². The summed E-state index contributed by atoms with van der Waals surface area (Å²) in [5.74, 6) is 1.28. The Morgan fingerprint density at radius 3 is 2.42 bits per heavy atom. The number of carbonyl (C=O) groups is 1. The molecule has 0 saturated carbocycles. The lowest BCUT2D eigenvalue weighted by Gasteiger charge is -2.26. The van der Waals surface area contributed by atoms with Gasteiger partial charge in [0.15, 0.2) is 6.61 Å². The third kappa shape index (κ3) is 10.6. The molecule has 1 aliphatic carbocycles. The van der Waals surface area contributed by atoms with Crippen LogP contribution in [0.3, 0.4) is 0 Å². The summed E-state index contributed by atoms with van der Waals surface area (Å²) in [7, 11) is 6.13. The van der Waals surface area contributed by atoms with Gasteiger partial charge in [-0.2, -0.15) is 8.78 Å². The molecule has 38 heavy (non-hydrogen) atoms. The average molecular weight is 535 g/mol. The van der Waals surface area contributed by atoms with Crippen LogP contribution in [0.2, 0.25) is 0 Å². The Labute approximate surface area is 227 Å². The maximum Gasteiger partial charge on any atom is 0.394 e. The number of carbonyl (C=O) groups excluding carboxylic acids is 1. The number of nitrogens with one attached hydrogen (secondary N) is 2. The van der Waals surface area contributed by atoms with Gasteiger partial charge in [-0.25, -0.2) is 0 Å². The van der Waals surface area contributed by atoms with Crippen LogP contribution in [-0.2, 0) is 4.79 Å². The van der Waals surface area contributed by atoms with E-state index in [1.165, 1.54) is 24.3 Å². The second-order valence-electron chi connectivity index (χ2n) is 9.61. The molecule has 1 aromatic carbocycles. The van der Waals surface area contributed by atoms with Gasteiger partial charge in [0.1, 0.15) is 17.3 Å². The van der Waals surface area contributed by atoms with Gasteiger partial charge in [0.2, 0.25) is 0 Å². The van der Waals surface area contributed by atoms with Gasteiger partial charge in [-0.05, 0) is 86.5 Å². The number of allylic oxidation sites excluding steroid dienone is 6. The Balaban J connectivity index is 0.00000760. The summed E-state index contributed by atoms with van der Waals surface area (Å²) in [5, 5.41) is 6.17. The molecule has 2 rings (SSSR count). The van der Waals surface area contributed by atoms with Crippen molar-refractivity contribution >= 4 is 5.91 Å². The predicted molar refractivity (Wildman–Crippen MR) is 150 cm³/mol. The number of hydrogen-bond donors (Lipinski definition) is 2. The van der Waals surface area contributed by atoms with E-state index in [1.807, 2.05) is 25.3 Å². The van der Waals surface area contributed by atoms with E-state index < -0.39 is 6.11 Å². The molecule has 2 N–H and O–H groups in total. The molecular weight excluding hydrogens is 490 g/mol. The van der Waals surface area contributed by atoms with Gasteiger partial charge in [0.25, 0.3) is 5.91 Å². The van der Waals surface area contributed by atoms with E-state index in [9.17, 15) is 13.6 Å². The fraction of sp³-hybridized carbons (Fsp3) is 0.483. The third-order valence-electron chi connectivity index (χ3n) is 6.04. The van der Waals surface area contributed by atoms with Gasteiger partial charge in [-0.3, -0.25) is 4.79 Å². The summed E-state index contributed by atoms with van der Waals surface area (Å²) in [6.07, 6.45) is 5.91. The van der Waals surface area contributed by atoms with E-state index in [2.05, 4.69) is 66.1 Å². The second kappa shape index (κ2) is 14.6. The number of nitrogens with zero attached hydrogens (tertiary/aromatic N) is 2. The Hall–Kier alpha value is -3.33. The van der Waals surface area contributed by atoms with Crippen molar-refractivity contribution in [3.8, 4) is 11.5 Å². The number of amides is 1. The number of likely N-dealkylation sites (N-methyl/N-ethyl adjacent to an activating group) is 2. The molecule has 1 aromatic rings. The molecule has 1 unspecified atom stereocenters. The first-order valence-corrected chi connectivity index (χ1v) is 12.9. The van der Waals surface area contributed by atoms with Crippen molar-refractivity contribution in [3.63, 3.8) is 0 Å².